The zero-order valence-corrected chi connectivity index (χ0v) is 28.0. The molecule has 1 fully saturated rings. The van der Waals surface area contributed by atoms with Crippen molar-refractivity contribution in [2.24, 2.45) is 0 Å². The van der Waals surface area contributed by atoms with Crippen molar-refractivity contribution in [3.8, 4) is 11.5 Å². The second-order valence-corrected chi connectivity index (χ2v) is 13.4. The van der Waals surface area contributed by atoms with Gasteiger partial charge in [0.05, 0.1) is 29.7 Å². The van der Waals surface area contributed by atoms with E-state index in [0.29, 0.717) is 23.5 Å². The Kier molecular flexibility index (Phi) is 11.8. The van der Waals surface area contributed by atoms with E-state index in [4.69, 9.17) is 9.47 Å². The first-order chi connectivity index (χ1) is 22.5. The van der Waals surface area contributed by atoms with Crippen LogP contribution < -0.4 is 19.1 Å². The van der Waals surface area contributed by atoms with Crippen LogP contribution in [-0.2, 0) is 26.2 Å². The summed E-state index contributed by atoms with van der Waals surface area (Å²) in [6.45, 7) is 2.69. The maximum absolute atomic E-state index is 14.4. The third-order valence-electron chi connectivity index (χ3n) is 8.45. The Labute approximate surface area is 275 Å². The molecular formula is C34H42N4O8S. The molecule has 0 radical (unpaired) electrons. The second kappa shape index (κ2) is 15.8. The van der Waals surface area contributed by atoms with Gasteiger partial charge in [-0.3, -0.25) is 24.0 Å². The van der Waals surface area contributed by atoms with Gasteiger partial charge in [-0.25, -0.2) is 8.42 Å². The Balaban J connectivity index is 1.75. The number of nitrogens with zero attached hydrogens (tertiary/aromatic N) is 3. The van der Waals surface area contributed by atoms with Crippen molar-refractivity contribution < 1.29 is 32.4 Å². The van der Waals surface area contributed by atoms with Crippen LogP contribution in [0.3, 0.4) is 0 Å². The Morgan fingerprint density at radius 1 is 0.957 bits per heavy atom. The number of sulfonamides is 1. The molecule has 252 valence electrons. The van der Waals surface area contributed by atoms with E-state index >= 15 is 0 Å². The third-order valence-corrected chi connectivity index (χ3v) is 10.2. The van der Waals surface area contributed by atoms with Crippen LogP contribution in [0.5, 0.6) is 11.5 Å². The van der Waals surface area contributed by atoms with Gasteiger partial charge in [-0.2, -0.15) is 0 Å². The van der Waals surface area contributed by atoms with Crippen LogP contribution in [0.25, 0.3) is 0 Å². The Hall–Kier alpha value is -4.65. The van der Waals surface area contributed by atoms with Gasteiger partial charge in [-0.1, -0.05) is 44.4 Å². The summed E-state index contributed by atoms with van der Waals surface area (Å²) in [6, 6.07) is 15.9. The van der Waals surface area contributed by atoms with E-state index in [0.717, 1.165) is 48.0 Å². The van der Waals surface area contributed by atoms with Gasteiger partial charge >= 0.3 is 0 Å². The van der Waals surface area contributed by atoms with Crippen LogP contribution in [0.2, 0.25) is 0 Å². The molecule has 0 saturated heterocycles. The molecule has 1 saturated carbocycles. The lowest BCUT2D eigenvalue weighted by molar-refractivity contribution is -0.385. The Morgan fingerprint density at radius 2 is 1.55 bits per heavy atom. The van der Waals surface area contributed by atoms with Crippen LogP contribution in [0.1, 0.15) is 56.6 Å². The number of nitrogens with one attached hydrogen (secondary N) is 1. The van der Waals surface area contributed by atoms with Crippen molar-refractivity contribution >= 4 is 33.2 Å². The summed E-state index contributed by atoms with van der Waals surface area (Å²) in [5.41, 5.74) is 0.794. The molecule has 3 aromatic carbocycles. The van der Waals surface area contributed by atoms with Crippen molar-refractivity contribution in [1.29, 1.82) is 0 Å². The number of hydrogen-bond acceptors (Lipinski definition) is 8. The molecule has 1 atom stereocenters. The SMILES string of the molecule is CCC(C(=O)NC1CCCCC1)N(Cc1ccc(OC)cc1)C(=O)CN(c1ccc(OC)cc1)S(=O)(=O)c1ccc(C)c([N+](=O)[O-])c1. The van der Waals surface area contributed by atoms with Crippen LogP contribution in [-0.4, -0.2) is 62.9 Å². The number of amides is 2. The summed E-state index contributed by atoms with van der Waals surface area (Å²) >= 11 is 0. The lowest BCUT2D eigenvalue weighted by atomic mass is 9.95. The molecule has 2 amide bonds. The second-order valence-electron chi connectivity index (χ2n) is 11.6. The summed E-state index contributed by atoms with van der Waals surface area (Å²) in [6.07, 6.45) is 5.16. The predicted molar refractivity (Wildman–Crippen MR) is 178 cm³/mol. The number of methoxy groups -OCH3 is 2. The molecule has 4 rings (SSSR count). The normalized spacial score (nSPS) is 14.1. The molecule has 1 N–H and O–H groups in total. The summed E-state index contributed by atoms with van der Waals surface area (Å²) in [5, 5.41) is 14.8. The number of nitro benzene ring substituents is 1. The van der Waals surface area contributed by atoms with E-state index in [1.807, 2.05) is 6.92 Å². The van der Waals surface area contributed by atoms with Gasteiger partial charge in [0.25, 0.3) is 15.7 Å². The molecule has 13 heteroatoms. The number of benzene rings is 3. The summed E-state index contributed by atoms with van der Waals surface area (Å²) in [4.78, 5) is 40.2. The van der Waals surface area contributed by atoms with E-state index in [1.54, 1.807) is 43.5 Å². The first-order valence-electron chi connectivity index (χ1n) is 15.6. The zero-order valence-electron chi connectivity index (χ0n) is 27.2. The van der Waals surface area contributed by atoms with Crippen molar-refractivity contribution in [2.45, 2.75) is 75.9 Å². The van der Waals surface area contributed by atoms with Crippen LogP contribution in [0.15, 0.2) is 71.6 Å². The monoisotopic (exact) mass is 666 g/mol. The van der Waals surface area contributed by atoms with Gasteiger partial charge in [0, 0.05) is 24.2 Å². The standard InChI is InChI=1S/C34H42N4O8S/c1-5-31(34(40)35-26-9-7-6-8-10-26)36(22-25-12-16-28(45-3)17-13-25)33(39)23-37(27-14-18-29(46-4)19-15-27)47(43,44)30-20-11-24(2)32(21-30)38(41)42/h11-21,26,31H,5-10,22-23H2,1-4H3,(H,35,40). The quantitative estimate of drug-likeness (QED) is 0.178. The minimum atomic E-state index is -4.51. The molecular weight excluding hydrogens is 624 g/mol. The topological polar surface area (TPSA) is 148 Å². The molecule has 0 spiro atoms. The molecule has 0 aromatic heterocycles. The van der Waals surface area contributed by atoms with E-state index < -0.39 is 33.4 Å². The molecule has 1 aliphatic carbocycles. The van der Waals surface area contributed by atoms with Crippen LogP contribution >= 0.6 is 0 Å². The number of anilines is 1. The number of carbonyl (C=O) groups is 2. The summed E-state index contributed by atoms with van der Waals surface area (Å²) in [5.74, 6) is 0.175. The minimum absolute atomic E-state index is 0.0109. The van der Waals surface area contributed by atoms with Crippen LogP contribution in [0.4, 0.5) is 11.4 Å². The maximum Gasteiger partial charge on any atom is 0.273 e. The van der Waals surface area contributed by atoms with E-state index in [1.165, 1.54) is 43.2 Å². The van der Waals surface area contributed by atoms with Gasteiger partial charge in [0.15, 0.2) is 0 Å². The van der Waals surface area contributed by atoms with Crippen molar-refractivity contribution in [1.82, 2.24) is 10.2 Å². The molecule has 0 aliphatic heterocycles. The number of carbonyl (C=O) groups excluding carboxylic acids is 2. The van der Waals surface area contributed by atoms with Crippen molar-refractivity contribution in [2.75, 3.05) is 25.1 Å². The summed E-state index contributed by atoms with van der Waals surface area (Å²) < 4.78 is 39.8. The smallest absolute Gasteiger partial charge is 0.273 e. The number of rotatable bonds is 14. The molecule has 3 aromatic rings. The van der Waals surface area contributed by atoms with Gasteiger partial charge in [0.1, 0.15) is 24.1 Å². The predicted octanol–water partition coefficient (Wildman–Crippen LogP) is 5.37. The average molecular weight is 667 g/mol. The van der Waals surface area contributed by atoms with E-state index in [2.05, 4.69) is 5.32 Å². The maximum atomic E-state index is 14.4. The molecule has 0 heterocycles. The molecule has 12 nitrogen and oxygen atoms in total. The fraction of sp³-hybridized carbons (Fsp3) is 0.412. The first-order valence-corrected chi connectivity index (χ1v) is 17.1. The number of nitro groups is 1. The summed E-state index contributed by atoms with van der Waals surface area (Å²) in [7, 11) is -1.49. The lowest BCUT2D eigenvalue weighted by Crippen LogP contribution is -2.54. The van der Waals surface area contributed by atoms with E-state index in [9.17, 15) is 28.1 Å². The van der Waals surface area contributed by atoms with E-state index in [-0.39, 0.29) is 34.8 Å². The van der Waals surface area contributed by atoms with Crippen molar-refractivity contribution in [3.63, 3.8) is 0 Å². The highest BCUT2D eigenvalue weighted by Gasteiger charge is 2.35. The fourth-order valence-corrected chi connectivity index (χ4v) is 7.18. The minimum Gasteiger partial charge on any atom is -0.497 e. The highest BCUT2D eigenvalue weighted by molar-refractivity contribution is 7.92. The molecule has 47 heavy (non-hydrogen) atoms. The molecule has 0 bridgehead atoms. The lowest BCUT2D eigenvalue weighted by Gasteiger charge is -2.34. The Bertz CT molecular complexity index is 1660. The van der Waals surface area contributed by atoms with Gasteiger partial charge in [0.2, 0.25) is 11.8 Å². The van der Waals surface area contributed by atoms with Gasteiger partial charge in [-0.15, -0.1) is 0 Å². The Morgan fingerprint density at radius 3 is 2.11 bits per heavy atom. The highest BCUT2D eigenvalue weighted by atomic mass is 32.2. The first kappa shape index (κ1) is 35.2. The van der Waals surface area contributed by atoms with Gasteiger partial charge < -0.3 is 19.7 Å². The number of hydrogen-bond donors (Lipinski definition) is 1. The number of ether oxygens (including phenoxy) is 2. The molecule has 1 aliphatic rings. The molecule has 1 unspecified atom stereocenters. The fourth-order valence-electron chi connectivity index (χ4n) is 5.74. The largest absolute Gasteiger partial charge is 0.497 e. The zero-order chi connectivity index (χ0) is 34.1. The highest BCUT2D eigenvalue weighted by Crippen LogP contribution is 2.30. The van der Waals surface area contributed by atoms with Crippen LogP contribution in [0, 0.1) is 17.0 Å². The average Bonchev–Trinajstić information content (AvgIpc) is 3.07. The third kappa shape index (κ3) is 8.59. The van der Waals surface area contributed by atoms with Crippen molar-refractivity contribution in [3.05, 3.63) is 88.0 Å². The number of aryl methyl sites for hydroxylation is 1. The van der Waals surface area contributed by atoms with Gasteiger partial charge in [-0.05, 0) is 74.2 Å².